The molecule has 0 N–H and O–H groups in total. The van der Waals surface area contributed by atoms with Gasteiger partial charge in [-0.2, -0.15) is 13.2 Å². The van der Waals surface area contributed by atoms with E-state index < -0.39 is 15.9 Å². The summed E-state index contributed by atoms with van der Waals surface area (Å²) in [5, 5.41) is 0. The van der Waals surface area contributed by atoms with Crippen molar-refractivity contribution < 1.29 is 13.2 Å². The molecule has 0 heterocycles. The lowest BCUT2D eigenvalue weighted by atomic mass is 9.79. The van der Waals surface area contributed by atoms with E-state index in [0.717, 1.165) is 5.56 Å². The van der Waals surface area contributed by atoms with Crippen LogP contribution in [0.5, 0.6) is 0 Å². The predicted molar refractivity (Wildman–Crippen MR) is 60.6 cm³/mol. The fraction of sp³-hybridized carbons (Fsp3) is 0.500. The van der Waals surface area contributed by atoms with Crippen molar-refractivity contribution in [2.75, 3.05) is 0 Å². The first-order valence-electron chi connectivity index (χ1n) is 5.04. The highest BCUT2D eigenvalue weighted by Gasteiger charge is 2.66. The highest BCUT2D eigenvalue weighted by atomic mass is 79.9. The van der Waals surface area contributed by atoms with Gasteiger partial charge in [0.25, 0.3) is 0 Å². The Labute approximate surface area is 101 Å². The van der Waals surface area contributed by atoms with Gasteiger partial charge >= 0.3 is 6.18 Å². The van der Waals surface area contributed by atoms with E-state index in [1.807, 2.05) is 0 Å². The fourth-order valence-electron chi connectivity index (χ4n) is 2.51. The van der Waals surface area contributed by atoms with Crippen molar-refractivity contribution in [2.24, 2.45) is 5.41 Å². The molecule has 1 aromatic carbocycles. The second-order valence-corrected chi connectivity index (χ2v) is 6.06. The lowest BCUT2D eigenvalue weighted by Crippen LogP contribution is -2.45. The van der Waals surface area contributed by atoms with Crippen LogP contribution in [0.3, 0.4) is 0 Å². The normalized spacial score (nSPS) is 27.9. The van der Waals surface area contributed by atoms with Crippen LogP contribution >= 0.6 is 15.9 Å². The topological polar surface area (TPSA) is 0 Å². The Hall–Kier alpha value is -0.510. The average Bonchev–Trinajstić information content (AvgIpc) is 2.35. The van der Waals surface area contributed by atoms with E-state index in [0.29, 0.717) is 12.0 Å². The molecule has 0 amide bonds. The van der Waals surface area contributed by atoms with Crippen LogP contribution in [0.2, 0.25) is 0 Å². The number of halogens is 4. The lowest BCUT2D eigenvalue weighted by Gasteiger charge is -2.38. The average molecular weight is 293 g/mol. The van der Waals surface area contributed by atoms with Gasteiger partial charge in [-0.1, -0.05) is 54.0 Å². The number of hydrogen-bond acceptors (Lipinski definition) is 0. The Bertz CT molecular complexity index is 423. The Morgan fingerprint density at radius 2 is 1.75 bits per heavy atom. The van der Waals surface area contributed by atoms with Gasteiger partial charge in [-0.25, -0.2) is 0 Å². The molecule has 16 heavy (non-hydrogen) atoms. The van der Waals surface area contributed by atoms with Gasteiger partial charge in [0, 0.05) is 0 Å². The number of hydrogen-bond donors (Lipinski definition) is 0. The first-order chi connectivity index (χ1) is 7.20. The van der Waals surface area contributed by atoms with Crippen LogP contribution in [0.1, 0.15) is 25.0 Å². The fourth-order valence-corrected chi connectivity index (χ4v) is 3.04. The Kier molecular flexibility index (Phi) is 2.43. The van der Waals surface area contributed by atoms with E-state index in [1.54, 1.807) is 38.1 Å². The quantitative estimate of drug-likeness (QED) is 0.621. The van der Waals surface area contributed by atoms with Crippen LogP contribution in [0.25, 0.3) is 0 Å². The zero-order valence-electron chi connectivity index (χ0n) is 9.03. The molecule has 0 bridgehead atoms. The van der Waals surface area contributed by atoms with E-state index in [4.69, 9.17) is 0 Å². The number of fused-ring (bicyclic) bond motifs is 1. The van der Waals surface area contributed by atoms with Crippen molar-refractivity contribution in [2.45, 2.75) is 30.8 Å². The van der Waals surface area contributed by atoms with E-state index >= 15 is 0 Å². The molecule has 1 aliphatic rings. The molecule has 1 unspecified atom stereocenters. The minimum Gasteiger partial charge on any atom is -0.169 e. The molecule has 0 nitrogen and oxygen atoms in total. The van der Waals surface area contributed by atoms with Crippen LogP contribution < -0.4 is 0 Å². The largest absolute Gasteiger partial charge is 0.408 e. The molecular formula is C12H12BrF3. The van der Waals surface area contributed by atoms with Crippen molar-refractivity contribution in [1.82, 2.24) is 0 Å². The van der Waals surface area contributed by atoms with Gasteiger partial charge in [0.1, 0.15) is 0 Å². The molecular weight excluding hydrogens is 281 g/mol. The van der Waals surface area contributed by atoms with Gasteiger partial charge in [0.2, 0.25) is 0 Å². The summed E-state index contributed by atoms with van der Waals surface area (Å²) in [5.74, 6) is 0. The molecule has 1 aromatic rings. The van der Waals surface area contributed by atoms with Gasteiger partial charge in [-0.05, 0) is 23.0 Å². The third-order valence-electron chi connectivity index (χ3n) is 3.34. The molecule has 0 aliphatic heterocycles. The molecule has 2 rings (SSSR count). The molecule has 1 aliphatic carbocycles. The van der Waals surface area contributed by atoms with Crippen molar-refractivity contribution in [3.63, 3.8) is 0 Å². The second kappa shape index (κ2) is 3.25. The third-order valence-corrected chi connectivity index (χ3v) is 5.29. The highest BCUT2D eigenvalue weighted by molar-refractivity contribution is 9.09. The standard InChI is InChI=1S/C12H12BrF3/c1-10(2)7-8-5-3-4-6-9(8)11(10,13)12(14,15)16/h3-6H,7H2,1-2H3. The third kappa shape index (κ3) is 1.35. The molecule has 0 saturated carbocycles. The van der Waals surface area contributed by atoms with Crippen molar-refractivity contribution in [3.05, 3.63) is 35.4 Å². The minimum absolute atomic E-state index is 0.354. The zero-order valence-corrected chi connectivity index (χ0v) is 10.6. The molecule has 4 heteroatoms. The predicted octanol–water partition coefficient (Wildman–Crippen LogP) is 4.42. The summed E-state index contributed by atoms with van der Waals surface area (Å²) >= 11 is 2.96. The summed E-state index contributed by atoms with van der Waals surface area (Å²) in [6.45, 7) is 3.30. The van der Waals surface area contributed by atoms with E-state index in [2.05, 4.69) is 15.9 Å². The first kappa shape index (κ1) is 12.0. The second-order valence-electron chi connectivity index (χ2n) is 4.87. The summed E-state index contributed by atoms with van der Waals surface area (Å²) < 4.78 is 37.9. The smallest absolute Gasteiger partial charge is 0.169 e. The molecule has 0 fully saturated rings. The van der Waals surface area contributed by atoms with Gasteiger partial charge in [-0.3, -0.25) is 0 Å². The van der Waals surface area contributed by atoms with Crippen molar-refractivity contribution in [3.8, 4) is 0 Å². The number of benzene rings is 1. The zero-order chi connectivity index (χ0) is 12.2. The van der Waals surface area contributed by atoms with E-state index in [1.165, 1.54) is 0 Å². The van der Waals surface area contributed by atoms with Crippen LogP contribution in [0.4, 0.5) is 13.2 Å². The molecule has 0 saturated heterocycles. The summed E-state index contributed by atoms with van der Waals surface area (Å²) in [5.41, 5.74) is 0.267. The number of alkyl halides is 4. The monoisotopic (exact) mass is 292 g/mol. The van der Waals surface area contributed by atoms with Gasteiger partial charge in [-0.15, -0.1) is 0 Å². The van der Waals surface area contributed by atoms with Crippen molar-refractivity contribution in [1.29, 1.82) is 0 Å². The van der Waals surface area contributed by atoms with Crippen LogP contribution in [0, 0.1) is 5.41 Å². The SMILES string of the molecule is CC1(C)Cc2ccccc2C1(Br)C(F)(F)F. The minimum atomic E-state index is -4.29. The molecule has 0 radical (unpaired) electrons. The highest BCUT2D eigenvalue weighted by Crippen LogP contribution is 2.62. The maximum Gasteiger partial charge on any atom is 0.408 e. The van der Waals surface area contributed by atoms with Crippen molar-refractivity contribution >= 4 is 15.9 Å². The summed E-state index contributed by atoms with van der Waals surface area (Å²) in [6.07, 6.45) is -3.85. The summed E-state index contributed by atoms with van der Waals surface area (Å²) in [4.78, 5) is 0. The molecule has 0 aromatic heterocycles. The Morgan fingerprint density at radius 3 is 2.31 bits per heavy atom. The lowest BCUT2D eigenvalue weighted by molar-refractivity contribution is -0.181. The van der Waals surface area contributed by atoms with E-state index in [-0.39, 0.29) is 0 Å². The van der Waals surface area contributed by atoms with Gasteiger partial charge in [0.15, 0.2) is 4.32 Å². The molecule has 1 atom stereocenters. The number of rotatable bonds is 0. The van der Waals surface area contributed by atoms with Crippen LogP contribution in [-0.4, -0.2) is 6.18 Å². The van der Waals surface area contributed by atoms with Crippen LogP contribution in [0.15, 0.2) is 24.3 Å². The Balaban J connectivity index is 2.68. The summed E-state index contributed by atoms with van der Waals surface area (Å²) in [7, 11) is 0. The van der Waals surface area contributed by atoms with Crippen LogP contribution in [-0.2, 0) is 10.7 Å². The maximum atomic E-state index is 13.3. The van der Waals surface area contributed by atoms with Gasteiger partial charge in [0.05, 0.1) is 0 Å². The van der Waals surface area contributed by atoms with E-state index in [9.17, 15) is 13.2 Å². The molecule has 0 spiro atoms. The maximum absolute atomic E-state index is 13.3. The van der Waals surface area contributed by atoms with Gasteiger partial charge < -0.3 is 0 Å². The summed E-state index contributed by atoms with van der Waals surface area (Å²) in [6, 6.07) is 6.77. The molecule has 88 valence electrons. The first-order valence-corrected chi connectivity index (χ1v) is 5.83. The Morgan fingerprint density at radius 1 is 1.19 bits per heavy atom.